The molecular weight excluding hydrogens is 793 g/mol. The van der Waals surface area contributed by atoms with Crippen LogP contribution in [-0.2, 0) is 0 Å². The number of hydrogen-bond donors (Lipinski definition) is 0. The molecule has 0 atom stereocenters. The van der Waals surface area contributed by atoms with Crippen molar-refractivity contribution in [3.63, 3.8) is 0 Å². The Bertz CT molecular complexity index is 3460. The molecule has 0 aromatic heterocycles. The topological polar surface area (TPSA) is 0 Å². The summed E-state index contributed by atoms with van der Waals surface area (Å²) in [4.78, 5) is 0. The Kier molecular flexibility index (Phi) is 11.1. The summed E-state index contributed by atoms with van der Waals surface area (Å²) >= 11 is 0. The lowest BCUT2D eigenvalue weighted by Crippen LogP contribution is -1.89. The van der Waals surface area contributed by atoms with Gasteiger partial charge >= 0.3 is 0 Å². The van der Waals surface area contributed by atoms with Gasteiger partial charge in [0.05, 0.1) is 0 Å². The normalized spacial score (nSPS) is 11.5. The van der Waals surface area contributed by atoms with E-state index in [0.29, 0.717) is 0 Å². The second kappa shape index (κ2) is 18.3. The molecule has 0 fully saturated rings. The van der Waals surface area contributed by atoms with Gasteiger partial charge in [0.1, 0.15) is 0 Å². The van der Waals surface area contributed by atoms with Gasteiger partial charge in [0.2, 0.25) is 0 Å². The van der Waals surface area contributed by atoms with Crippen LogP contribution in [0.25, 0.3) is 91.0 Å². The van der Waals surface area contributed by atoms with Crippen LogP contribution < -0.4 is 0 Å². The average molecular weight is 839 g/mol. The fraction of sp³-hybridized carbons (Fsp3) is 0. The molecule has 310 valence electrons. The van der Waals surface area contributed by atoms with Crippen molar-refractivity contribution < 1.29 is 0 Å². The lowest BCUT2D eigenvalue weighted by Gasteiger charge is -2.15. The van der Waals surface area contributed by atoms with Crippen molar-refractivity contribution in [2.45, 2.75) is 0 Å². The largest absolute Gasteiger partial charge is 0.0622 e. The van der Waals surface area contributed by atoms with Gasteiger partial charge in [0.25, 0.3) is 0 Å². The quantitative estimate of drug-likeness (QED) is 0.0899. The number of hydrogen-bond acceptors (Lipinski definition) is 0. The highest BCUT2D eigenvalue weighted by Crippen LogP contribution is 2.40. The number of benzene rings is 11. The third kappa shape index (κ3) is 8.44. The molecule has 0 unspecified atom stereocenters. The van der Waals surface area contributed by atoms with Crippen LogP contribution in [0.5, 0.6) is 0 Å². The van der Waals surface area contributed by atoms with E-state index in [1.807, 2.05) is 0 Å². The minimum atomic E-state index is 1.14. The van der Waals surface area contributed by atoms with Crippen LogP contribution in [0.15, 0.2) is 243 Å². The molecular formula is C66H46. The molecule has 0 amide bonds. The summed E-state index contributed by atoms with van der Waals surface area (Å²) < 4.78 is 0. The minimum Gasteiger partial charge on any atom is -0.0622 e. The Balaban J connectivity index is 0.943. The predicted molar refractivity (Wildman–Crippen MR) is 286 cm³/mol. The standard InChI is InChI=1S/C66H46/c1-5-14-52(15-6-1)63(53-16-7-2-8-17-53)44-49-28-24-47(25-29-49)32-34-51-36-39-60(61-42-40-58-38-37-56-22-13-23-57-41-43-62(61)66(58)65(56)57)46-59(51)35-33-48-26-30-50(31-27-48)45-64(54-18-9-3-10-19-54)55-20-11-4-12-21-55/h1-46H. The van der Waals surface area contributed by atoms with Gasteiger partial charge < -0.3 is 0 Å². The molecule has 0 radical (unpaired) electrons. The van der Waals surface area contributed by atoms with Gasteiger partial charge in [-0.3, -0.25) is 0 Å². The van der Waals surface area contributed by atoms with Crippen LogP contribution in [0.4, 0.5) is 0 Å². The fourth-order valence-corrected chi connectivity index (χ4v) is 9.27. The van der Waals surface area contributed by atoms with Crippen molar-refractivity contribution in [3.05, 3.63) is 298 Å². The predicted octanol–water partition coefficient (Wildman–Crippen LogP) is 17.8. The van der Waals surface area contributed by atoms with Crippen LogP contribution in [0.1, 0.15) is 55.6 Å². The molecule has 0 aliphatic carbocycles. The van der Waals surface area contributed by atoms with E-state index in [-0.39, 0.29) is 0 Å². The van der Waals surface area contributed by atoms with E-state index < -0.39 is 0 Å². The molecule has 0 nitrogen and oxygen atoms in total. The monoisotopic (exact) mass is 838 g/mol. The van der Waals surface area contributed by atoms with E-state index in [9.17, 15) is 0 Å². The van der Waals surface area contributed by atoms with Crippen molar-refractivity contribution in [2.24, 2.45) is 0 Å². The third-order valence-electron chi connectivity index (χ3n) is 12.7. The Morgan fingerprint density at radius 2 is 0.682 bits per heavy atom. The first-order chi connectivity index (χ1) is 32.7. The summed E-state index contributed by atoms with van der Waals surface area (Å²) in [6, 6.07) is 87.4. The second-order valence-electron chi connectivity index (χ2n) is 16.9. The van der Waals surface area contributed by atoms with Crippen molar-refractivity contribution in [1.82, 2.24) is 0 Å². The summed E-state index contributed by atoms with van der Waals surface area (Å²) in [6.45, 7) is 0. The first-order valence-corrected chi connectivity index (χ1v) is 22.7. The van der Waals surface area contributed by atoms with Gasteiger partial charge in [-0.25, -0.2) is 0 Å². The smallest absolute Gasteiger partial charge is 0.00206 e. The molecule has 0 saturated carbocycles. The van der Waals surface area contributed by atoms with Gasteiger partial charge in [-0.15, -0.1) is 0 Å². The highest BCUT2D eigenvalue weighted by Gasteiger charge is 2.13. The Morgan fingerprint density at radius 3 is 1.17 bits per heavy atom. The van der Waals surface area contributed by atoms with Crippen LogP contribution in [0.3, 0.4) is 0 Å². The molecule has 0 heteroatoms. The van der Waals surface area contributed by atoms with Crippen molar-refractivity contribution in [1.29, 1.82) is 0 Å². The fourth-order valence-electron chi connectivity index (χ4n) is 9.27. The molecule has 0 spiro atoms. The first kappa shape index (κ1) is 40.2. The Hall–Kier alpha value is -8.58. The summed E-state index contributed by atoms with van der Waals surface area (Å²) in [7, 11) is 0. The maximum Gasteiger partial charge on any atom is -0.00206 e. The highest BCUT2D eigenvalue weighted by molar-refractivity contribution is 6.25. The second-order valence-corrected chi connectivity index (χ2v) is 16.9. The summed E-state index contributed by atoms with van der Waals surface area (Å²) in [6.07, 6.45) is 13.6. The molecule has 11 aromatic carbocycles. The molecule has 66 heavy (non-hydrogen) atoms. The number of rotatable bonds is 11. The molecule has 11 aromatic rings. The lowest BCUT2D eigenvalue weighted by molar-refractivity contribution is 1.55. The van der Waals surface area contributed by atoms with Gasteiger partial charge in [-0.05, 0) is 128 Å². The Labute approximate surface area is 387 Å². The maximum absolute atomic E-state index is 2.36. The molecule has 0 N–H and O–H groups in total. The summed E-state index contributed by atoms with van der Waals surface area (Å²) in [5.41, 5.74) is 16.6. The molecule has 0 saturated heterocycles. The van der Waals surface area contributed by atoms with E-state index >= 15 is 0 Å². The van der Waals surface area contributed by atoms with E-state index in [4.69, 9.17) is 0 Å². The highest BCUT2D eigenvalue weighted by atomic mass is 14.2. The lowest BCUT2D eigenvalue weighted by atomic mass is 9.89. The van der Waals surface area contributed by atoms with Gasteiger partial charge in [0, 0.05) is 0 Å². The molecule has 0 aliphatic heterocycles. The molecule has 0 heterocycles. The van der Waals surface area contributed by atoms with E-state index in [2.05, 4.69) is 279 Å². The first-order valence-electron chi connectivity index (χ1n) is 22.7. The SMILES string of the molecule is C(=Cc1ccc(-c2ccc3ccc4cccc5ccc2c3c45)cc1C=Cc1ccc(C=C(c2ccccc2)c2ccccc2)cc1)c1ccc(C=C(c2ccccc2)c2ccccc2)cc1. The van der Waals surface area contributed by atoms with Crippen molar-refractivity contribution >= 4 is 79.9 Å². The van der Waals surface area contributed by atoms with E-state index in [1.54, 1.807) is 0 Å². The maximum atomic E-state index is 2.36. The Morgan fingerprint density at radius 1 is 0.273 bits per heavy atom. The van der Waals surface area contributed by atoms with Crippen LogP contribution in [0.2, 0.25) is 0 Å². The van der Waals surface area contributed by atoms with Gasteiger partial charge in [0.15, 0.2) is 0 Å². The molecule has 11 rings (SSSR count). The average Bonchev–Trinajstić information content (AvgIpc) is 3.39. The van der Waals surface area contributed by atoms with Gasteiger partial charge in [-0.1, -0.05) is 261 Å². The summed E-state index contributed by atoms with van der Waals surface area (Å²) in [5, 5.41) is 7.78. The van der Waals surface area contributed by atoms with Crippen LogP contribution >= 0.6 is 0 Å². The zero-order valence-corrected chi connectivity index (χ0v) is 36.6. The zero-order chi connectivity index (χ0) is 44.1. The van der Waals surface area contributed by atoms with Crippen molar-refractivity contribution in [3.8, 4) is 11.1 Å². The zero-order valence-electron chi connectivity index (χ0n) is 36.6. The van der Waals surface area contributed by atoms with E-state index in [0.717, 1.165) is 33.4 Å². The molecule has 0 aliphatic rings. The molecule has 0 bridgehead atoms. The van der Waals surface area contributed by atoms with Gasteiger partial charge in [-0.2, -0.15) is 0 Å². The van der Waals surface area contributed by atoms with Crippen molar-refractivity contribution in [2.75, 3.05) is 0 Å². The van der Waals surface area contributed by atoms with Crippen LogP contribution in [0, 0.1) is 0 Å². The van der Waals surface area contributed by atoms with Crippen LogP contribution in [-0.4, -0.2) is 0 Å². The third-order valence-corrected chi connectivity index (χ3v) is 12.7. The minimum absolute atomic E-state index is 1.14. The van der Waals surface area contributed by atoms with E-state index in [1.165, 1.54) is 76.8 Å². The summed E-state index contributed by atoms with van der Waals surface area (Å²) in [5.74, 6) is 0.